The van der Waals surface area contributed by atoms with Crippen LogP contribution in [0.15, 0.2) is 22.8 Å². The number of hydrogen-bond acceptors (Lipinski definition) is 3. The Morgan fingerprint density at radius 3 is 2.85 bits per heavy atom. The molecule has 1 heterocycles. The summed E-state index contributed by atoms with van der Waals surface area (Å²) in [7, 11) is 0. The van der Waals surface area contributed by atoms with E-state index in [0.717, 1.165) is 0 Å². The lowest BCUT2D eigenvalue weighted by Gasteiger charge is -2.16. The van der Waals surface area contributed by atoms with Gasteiger partial charge in [0.05, 0.1) is 11.9 Å². The Morgan fingerprint density at radius 2 is 2.38 bits per heavy atom. The van der Waals surface area contributed by atoms with Gasteiger partial charge in [0.2, 0.25) is 0 Å². The summed E-state index contributed by atoms with van der Waals surface area (Å²) in [6.45, 7) is 3.44. The fraction of sp³-hybridized carbons (Fsp3) is 0.444. The van der Waals surface area contributed by atoms with Gasteiger partial charge in [-0.25, -0.2) is 0 Å². The zero-order valence-corrected chi connectivity index (χ0v) is 7.70. The van der Waals surface area contributed by atoms with E-state index < -0.39 is 5.60 Å². The van der Waals surface area contributed by atoms with Gasteiger partial charge in [0.25, 0.3) is 5.91 Å². The molecule has 0 unspecified atom stereocenters. The first-order chi connectivity index (χ1) is 5.99. The van der Waals surface area contributed by atoms with Crippen LogP contribution in [0.1, 0.15) is 24.4 Å². The van der Waals surface area contributed by atoms with Crippen LogP contribution in [0, 0.1) is 0 Å². The van der Waals surface area contributed by atoms with Crippen molar-refractivity contribution in [2.45, 2.75) is 19.4 Å². The number of nitrogens with one attached hydrogen (secondary N) is 1. The molecule has 0 atom stereocenters. The predicted octanol–water partition coefficient (Wildman–Crippen LogP) is 0.780. The number of carbonyl (C=O) groups excluding carboxylic acids is 1. The molecule has 1 rings (SSSR count). The second-order valence-electron chi connectivity index (χ2n) is 3.47. The van der Waals surface area contributed by atoms with Crippen LogP contribution in [0.3, 0.4) is 0 Å². The van der Waals surface area contributed by atoms with E-state index in [1.807, 2.05) is 0 Å². The first-order valence-corrected chi connectivity index (χ1v) is 4.03. The topological polar surface area (TPSA) is 62.5 Å². The number of furan rings is 1. The molecular formula is C9H13NO3. The molecular weight excluding hydrogens is 170 g/mol. The van der Waals surface area contributed by atoms with E-state index in [4.69, 9.17) is 4.42 Å². The first kappa shape index (κ1) is 9.80. The van der Waals surface area contributed by atoms with Gasteiger partial charge < -0.3 is 14.8 Å². The van der Waals surface area contributed by atoms with E-state index in [0.29, 0.717) is 0 Å². The molecule has 72 valence electrons. The van der Waals surface area contributed by atoms with Gasteiger partial charge in [0, 0.05) is 6.54 Å². The molecule has 2 N–H and O–H groups in total. The van der Waals surface area contributed by atoms with Crippen molar-refractivity contribution in [3.8, 4) is 0 Å². The Bertz CT molecular complexity index is 272. The largest absolute Gasteiger partial charge is 0.459 e. The molecule has 0 aromatic carbocycles. The molecule has 4 nitrogen and oxygen atoms in total. The maximum atomic E-state index is 11.2. The quantitative estimate of drug-likeness (QED) is 0.727. The monoisotopic (exact) mass is 183 g/mol. The second-order valence-corrected chi connectivity index (χ2v) is 3.47. The van der Waals surface area contributed by atoms with Crippen molar-refractivity contribution in [1.29, 1.82) is 0 Å². The highest BCUT2D eigenvalue weighted by molar-refractivity contribution is 5.91. The van der Waals surface area contributed by atoms with Crippen LogP contribution in [0.2, 0.25) is 0 Å². The summed E-state index contributed by atoms with van der Waals surface area (Å²) in [6, 6.07) is 3.21. The van der Waals surface area contributed by atoms with Gasteiger partial charge in [0.15, 0.2) is 5.76 Å². The van der Waals surface area contributed by atoms with Gasteiger partial charge in [-0.2, -0.15) is 0 Å². The molecule has 0 aliphatic heterocycles. The Balaban J connectivity index is 2.44. The minimum atomic E-state index is -0.901. The molecule has 1 amide bonds. The zero-order valence-electron chi connectivity index (χ0n) is 7.70. The highest BCUT2D eigenvalue weighted by Gasteiger charge is 2.15. The lowest BCUT2D eigenvalue weighted by atomic mass is 10.1. The van der Waals surface area contributed by atoms with Crippen molar-refractivity contribution < 1.29 is 14.3 Å². The Hall–Kier alpha value is -1.29. The number of carbonyl (C=O) groups is 1. The summed E-state index contributed by atoms with van der Waals surface area (Å²) in [6.07, 6.45) is 1.43. The molecule has 1 aromatic heterocycles. The summed E-state index contributed by atoms with van der Waals surface area (Å²) >= 11 is 0. The van der Waals surface area contributed by atoms with Gasteiger partial charge in [-0.15, -0.1) is 0 Å². The van der Waals surface area contributed by atoms with Gasteiger partial charge in [-0.1, -0.05) is 0 Å². The SMILES string of the molecule is CC(C)(O)CNC(=O)c1ccco1. The molecule has 0 aliphatic carbocycles. The standard InChI is InChI=1S/C9H13NO3/c1-9(2,12)6-10-8(11)7-4-3-5-13-7/h3-5,12H,6H2,1-2H3,(H,10,11). The van der Waals surface area contributed by atoms with Gasteiger partial charge >= 0.3 is 0 Å². The van der Waals surface area contributed by atoms with Gasteiger partial charge in [-0.3, -0.25) is 4.79 Å². The van der Waals surface area contributed by atoms with Gasteiger partial charge in [0.1, 0.15) is 0 Å². The van der Waals surface area contributed by atoms with E-state index in [1.165, 1.54) is 6.26 Å². The molecule has 0 bridgehead atoms. The third-order valence-corrected chi connectivity index (χ3v) is 1.43. The third kappa shape index (κ3) is 3.29. The number of aliphatic hydroxyl groups is 1. The smallest absolute Gasteiger partial charge is 0.287 e. The second kappa shape index (κ2) is 3.62. The van der Waals surface area contributed by atoms with Crippen molar-refractivity contribution in [1.82, 2.24) is 5.32 Å². The van der Waals surface area contributed by atoms with Crippen molar-refractivity contribution in [2.75, 3.05) is 6.54 Å². The zero-order chi connectivity index (χ0) is 9.90. The van der Waals surface area contributed by atoms with Crippen molar-refractivity contribution in [3.05, 3.63) is 24.2 Å². The molecule has 0 spiro atoms. The van der Waals surface area contributed by atoms with Crippen LogP contribution >= 0.6 is 0 Å². The minimum absolute atomic E-state index is 0.201. The van der Waals surface area contributed by atoms with E-state index in [-0.39, 0.29) is 18.2 Å². The Labute approximate surface area is 76.6 Å². The maximum Gasteiger partial charge on any atom is 0.287 e. The first-order valence-electron chi connectivity index (χ1n) is 4.03. The van der Waals surface area contributed by atoms with Crippen LogP contribution < -0.4 is 5.32 Å². The summed E-state index contributed by atoms with van der Waals surface area (Å²) < 4.78 is 4.87. The average molecular weight is 183 g/mol. The van der Waals surface area contributed by atoms with Crippen molar-refractivity contribution >= 4 is 5.91 Å². The summed E-state index contributed by atoms with van der Waals surface area (Å²) in [5.41, 5.74) is -0.901. The number of rotatable bonds is 3. The fourth-order valence-corrected chi connectivity index (χ4v) is 0.791. The Kier molecular flexibility index (Phi) is 2.72. The molecule has 0 fully saturated rings. The lowest BCUT2D eigenvalue weighted by molar-refractivity contribution is 0.0681. The van der Waals surface area contributed by atoms with Gasteiger partial charge in [-0.05, 0) is 26.0 Å². The highest BCUT2D eigenvalue weighted by Crippen LogP contribution is 2.01. The van der Waals surface area contributed by atoms with Crippen LogP contribution in [-0.4, -0.2) is 23.2 Å². The molecule has 4 heteroatoms. The van der Waals surface area contributed by atoms with E-state index >= 15 is 0 Å². The van der Waals surface area contributed by atoms with E-state index in [1.54, 1.807) is 26.0 Å². The van der Waals surface area contributed by atoms with Crippen molar-refractivity contribution in [3.63, 3.8) is 0 Å². The molecule has 0 saturated carbocycles. The number of hydrogen-bond donors (Lipinski definition) is 2. The normalized spacial score (nSPS) is 11.3. The van der Waals surface area contributed by atoms with Crippen LogP contribution in [0.5, 0.6) is 0 Å². The molecule has 1 aromatic rings. The van der Waals surface area contributed by atoms with Crippen LogP contribution in [0.4, 0.5) is 0 Å². The van der Waals surface area contributed by atoms with Crippen LogP contribution in [-0.2, 0) is 0 Å². The van der Waals surface area contributed by atoms with E-state index in [2.05, 4.69) is 5.32 Å². The van der Waals surface area contributed by atoms with Crippen molar-refractivity contribution in [2.24, 2.45) is 0 Å². The number of amides is 1. The molecule has 0 aliphatic rings. The summed E-state index contributed by atoms with van der Waals surface area (Å²) in [5.74, 6) is -0.0589. The molecule has 13 heavy (non-hydrogen) atoms. The molecule has 0 saturated heterocycles. The lowest BCUT2D eigenvalue weighted by Crippen LogP contribution is -2.38. The minimum Gasteiger partial charge on any atom is -0.459 e. The average Bonchev–Trinajstić information content (AvgIpc) is 2.50. The third-order valence-electron chi connectivity index (χ3n) is 1.43. The van der Waals surface area contributed by atoms with E-state index in [9.17, 15) is 9.90 Å². The molecule has 0 radical (unpaired) electrons. The maximum absolute atomic E-state index is 11.2. The predicted molar refractivity (Wildman–Crippen MR) is 47.3 cm³/mol. The highest BCUT2D eigenvalue weighted by atomic mass is 16.3. The Morgan fingerprint density at radius 1 is 1.69 bits per heavy atom. The summed E-state index contributed by atoms with van der Waals surface area (Å²) in [5, 5.41) is 11.9. The summed E-state index contributed by atoms with van der Waals surface area (Å²) in [4.78, 5) is 11.2. The fourth-order valence-electron chi connectivity index (χ4n) is 0.791. The van der Waals surface area contributed by atoms with Crippen LogP contribution in [0.25, 0.3) is 0 Å².